The molecule has 0 aliphatic rings. The van der Waals surface area contributed by atoms with E-state index >= 15 is 0 Å². The molecular weight excluding hydrogens is 240 g/mol. The number of benzene rings is 2. The van der Waals surface area contributed by atoms with Crippen LogP contribution in [0.3, 0.4) is 0 Å². The molecule has 3 heteroatoms. The number of phenols is 1. The highest BCUT2D eigenvalue weighted by molar-refractivity contribution is 5.88. The smallest absolute Gasteiger partial charge is 0.335 e. The fraction of sp³-hybridized carbons (Fsp3) is 0.188. The van der Waals surface area contributed by atoms with E-state index in [1.807, 2.05) is 44.2 Å². The van der Waals surface area contributed by atoms with Gasteiger partial charge in [0.05, 0.1) is 5.56 Å². The van der Waals surface area contributed by atoms with E-state index in [4.69, 9.17) is 5.11 Å². The zero-order valence-electron chi connectivity index (χ0n) is 10.9. The van der Waals surface area contributed by atoms with E-state index in [9.17, 15) is 9.90 Å². The normalized spacial score (nSPS) is 11.3. The maximum atomic E-state index is 11.0. The molecule has 0 amide bonds. The Balaban J connectivity index is 2.57. The van der Waals surface area contributed by atoms with Gasteiger partial charge in [0.25, 0.3) is 0 Å². The molecule has 2 aromatic rings. The van der Waals surface area contributed by atoms with Gasteiger partial charge in [-0.05, 0) is 23.8 Å². The van der Waals surface area contributed by atoms with E-state index in [1.165, 1.54) is 18.2 Å². The van der Waals surface area contributed by atoms with E-state index in [1.54, 1.807) is 0 Å². The van der Waals surface area contributed by atoms with Gasteiger partial charge in [-0.25, -0.2) is 4.79 Å². The average molecular weight is 256 g/mol. The predicted octanol–water partition coefficient (Wildman–Crippen LogP) is 3.42. The second kappa shape index (κ2) is 4.76. The Morgan fingerprint density at radius 2 is 1.68 bits per heavy atom. The van der Waals surface area contributed by atoms with Crippen LogP contribution in [0.2, 0.25) is 0 Å². The van der Waals surface area contributed by atoms with E-state index in [-0.39, 0.29) is 11.3 Å². The summed E-state index contributed by atoms with van der Waals surface area (Å²) in [6.07, 6.45) is 0. The van der Waals surface area contributed by atoms with Crippen LogP contribution in [0.4, 0.5) is 0 Å². The average Bonchev–Trinajstić information content (AvgIpc) is 2.39. The van der Waals surface area contributed by atoms with Gasteiger partial charge in [0.1, 0.15) is 5.75 Å². The molecule has 19 heavy (non-hydrogen) atoms. The van der Waals surface area contributed by atoms with Gasteiger partial charge in [-0.3, -0.25) is 0 Å². The zero-order valence-corrected chi connectivity index (χ0v) is 10.9. The fourth-order valence-corrected chi connectivity index (χ4v) is 2.18. The molecule has 0 unspecified atom stereocenters. The third kappa shape index (κ3) is 2.45. The highest BCUT2D eigenvalue weighted by Gasteiger charge is 2.26. The van der Waals surface area contributed by atoms with E-state index < -0.39 is 11.4 Å². The number of carboxylic acids is 1. The molecule has 0 bridgehead atoms. The number of hydrogen-bond donors (Lipinski definition) is 2. The highest BCUT2D eigenvalue weighted by Crippen LogP contribution is 2.37. The minimum absolute atomic E-state index is 0.110. The first-order valence-electron chi connectivity index (χ1n) is 6.05. The molecular formula is C16H16O3. The van der Waals surface area contributed by atoms with Crippen molar-refractivity contribution >= 4 is 5.97 Å². The number of hydrogen-bond acceptors (Lipinski definition) is 2. The van der Waals surface area contributed by atoms with Gasteiger partial charge in [0.15, 0.2) is 0 Å². The Hall–Kier alpha value is -2.29. The lowest BCUT2D eigenvalue weighted by atomic mass is 9.77. The lowest BCUT2D eigenvalue weighted by molar-refractivity contribution is 0.0696. The number of aromatic hydroxyl groups is 1. The third-order valence-corrected chi connectivity index (χ3v) is 3.41. The van der Waals surface area contributed by atoms with E-state index in [0.29, 0.717) is 5.56 Å². The number of rotatable bonds is 3. The van der Waals surface area contributed by atoms with Crippen molar-refractivity contribution in [1.82, 2.24) is 0 Å². The van der Waals surface area contributed by atoms with Crippen molar-refractivity contribution < 1.29 is 15.0 Å². The lowest BCUT2D eigenvalue weighted by Crippen LogP contribution is -2.19. The summed E-state index contributed by atoms with van der Waals surface area (Å²) in [4.78, 5) is 11.0. The van der Waals surface area contributed by atoms with Crippen LogP contribution in [0.25, 0.3) is 0 Å². The molecule has 2 rings (SSSR count). The van der Waals surface area contributed by atoms with Crippen LogP contribution in [0.1, 0.15) is 35.3 Å². The van der Waals surface area contributed by atoms with Gasteiger partial charge in [-0.15, -0.1) is 0 Å². The van der Waals surface area contributed by atoms with Gasteiger partial charge in [-0.2, -0.15) is 0 Å². The van der Waals surface area contributed by atoms with Gasteiger partial charge < -0.3 is 10.2 Å². The highest BCUT2D eigenvalue weighted by atomic mass is 16.4. The molecule has 0 aliphatic carbocycles. The summed E-state index contributed by atoms with van der Waals surface area (Å²) < 4.78 is 0. The molecule has 0 aromatic heterocycles. The number of phenolic OH excluding ortho intramolecular Hbond substituents is 1. The Labute approximate surface area is 112 Å². The Morgan fingerprint density at radius 3 is 2.26 bits per heavy atom. The number of carboxylic acid groups (broad SMARTS) is 1. The van der Waals surface area contributed by atoms with Crippen molar-refractivity contribution in [2.24, 2.45) is 0 Å². The summed E-state index contributed by atoms with van der Waals surface area (Å²) in [5, 5.41) is 19.1. The molecule has 2 aromatic carbocycles. The van der Waals surface area contributed by atoms with E-state index in [0.717, 1.165) is 5.56 Å². The fourth-order valence-electron chi connectivity index (χ4n) is 2.18. The van der Waals surface area contributed by atoms with Crippen LogP contribution in [0, 0.1) is 0 Å². The molecule has 3 nitrogen and oxygen atoms in total. The summed E-state index contributed by atoms with van der Waals surface area (Å²) in [5.41, 5.74) is 1.35. The topological polar surface area (TPSA) is 57.5 Å². The Bertz CT molecular complexity index is 601. The monoisotopic (exact) mass is 256 g/mol. The number of carbonyl (C=O) groups is 1. The summed E-state index contributed by atoms with van der Waals surface area (Å²) in [5.74, 6) is -0.885. The molecule has 0 spiro atoms. The minimum Gasteiger partial charge on any atom is -0.508 e. The standard InChI is InChI=1S/C16H16O3/c1-16(2,12-6-4-3-5-7-12)13-10-11(15(18)19)8-9-14(13)17/h3-10,17H,1-2H3,(H,18,19). The molecule has 2 N–H and O–H groups in total. The van der Waals surface area contributed by atoms with Crippen LogP contribution in [-0.2, 0) is 5.41 Å². The van der Waals surface area contributed by atoms with Crippen molar-refractivity contribution in [2.45, 2.75) is 19.3 Å². The van der Waals surface area contributed by atoms with Crippen LogP contribution in [0.15, 0.2) is 48.5 Å². The second-order valence-electron chi connectivity index (χ2n) is 5.03. The minimum atomic E-state index is -0.995. The van der Waals surface area contributed by atoms with Crippen molar-refractivity contribution in [3.05, 3.63) is 65.2 Å². The lowest BCUT2D eigenvalue weighted by Gasteiger charge is -2.27. The molecule has 0 heterocycles. The van der Waals surface area contributed by atoms with Crippen LogP contribution in [-0.4, -0.2) is 16.2 Å². The maximum Gasteiger partial charge on any atom is 0.335 e. The second-order valence-corrected chi connectivity index (χ2v) is 5.03. The van der Waals surface area contributed by atoms with Gasteiger partial charge in [0.2, 0.25) is 0 Å². The maximum absolute atomic E-state index is 11.0. The van der Waals surface area contributed by atoms with Gasteiger partial charge >= 0.3 is 5.97 Å². The largest absolute Gasteiger partial charge is 0.508 e. The summed E-state index contributed by atoms with van der Waals surface area (Å²) >= 11 is 0. The summed E-state index contributed by atoms with van der Waals surface area (Å²) in [7, 11) is 0. The predicted molar refractivity (Wildman–Crippen MR) is 73.6 cm³/mol. The first-order chi connectivity index (χ1) is 8.93. The van der Waals surface area contributed by atoms with Crippen molar-refractivity contribution in [2.75, 3.05) is 0 Å². The SMILES string of the molecule is CC(C)(c1ccccc1)c1cc(C(=O)O)ccc1O. The Kier molecular flexibility index (Phi) is 3.30. The number of aromatic carboxylic acids is 1. The quantitative estimate of drug-likeness (QED) is 0.884. The Morgan fingerprint density at radius 1 is 1.05 bits per heavy atom. The molecule has 0 radical (unpaired) electrons. The molecule has 0 saturated carbocycles. The third-order valence-electron chi connectivity index (χ3n) is 3.41. The van der Waals surface area contributed by atoms with Crippen molar-refractivity contribution in [3.63, 3.8) is 0 Å². The first-order valence-corrected chi connectivity index (χ1v) is 6.05. The van der Waals surface area contributed by atoms with Crippen LogP contribution >= 0.6 is 0 Å². The van der Waals surface area contributed by atoms with Gasteiger partial charge in [0, 0.05) is 11.0 Å². The molecule has 0 fully saturated rings. The molecule has 0 aliphatic heterocycles. The molecule has 0 atom stereocenters. The van der Waals surface area contributed by atoms with E-state index in [2.05, 4.69) is 0 Å². The first kappa shape index (κ1) is 13.1. The summed E-state index contributed by atoms with van der Waals surface area (Å²) in [6.45, 7) is 3.92. The molecule has 98 valence electrons. The van der Waals surface area contributed by atoms with Crippen molar-refractivity contribution in [1.29, 1.82) is 0 Å². The van der Waals surface area contributed by atoms with Crippen molar-refractivity contribution in [3.8, 4) is 5.75 Å². The summed E-state index contributed by atoms with van der Waals surface area (Å²) in [6, 6.07) is 14.1. The van der Waals surface area contributed by atoms with Gasteiger partial charge in [-0.1, -0.05) is 44.2 Å². The van der Waals surface area contributed by atoms with Crippen LogP contribution in [0.5, 0.6) is 5.75 Å². The zero-order chi connectivity index (χ0) is 14.0. The molecule has 0 saturated heterocycles. The van der Waals surface area contributed by atoms with Crippen LogP contribution < -0.4 is 0 Å².